The largest absolute Gasteiger partial charge is 0.345 e. The van der Waals surface area contributed by atoms with Crippen molar-refractivity contribution in [2.75, 3.05) is 18.8 Å². The minimum absolute atomic E-state index is 0.206. The molecule has 0 bridgehead atoms. The zero-order valence-corrected chi connectivity index (χ0v) is 15.8. The summed E-state index contributed by atoms with van der Waals surface area (Å²) in [7, 11) is -3.99. The van der Waals surface area contributed by atoms with E-state index in [4.69, 9.17) is 10.3 Å². The summed E-state index contributed by atoms with van der Waals surface area (Å²) < 4.78 is 30.0. The lowest BCUT2D eigenvalue weighted by Gasteiger charge is -2.22. The molecule has 0 aliphatic rings. The Balaban J connectivity index is 4.42. The van der Waals surface area contributed by atoms with Crippen LogP contribution in [0.5, 0.6) is 0 Å². The highest BCUT2D eigenvalue weighted by atomic mass is 32.2. The van der Waals surface area contributed by atoms with E-state index in [1.54, 1.807) is 0 Å². The minimum atomic E-state index is -3.99. The Morgan fingerprint density at radius 1 is 1.24 bits per heavy atom. The Hall–Kier alpha value is -1.07. The van der Waals surface area contributed by atoms with Crippen molar-refractivity contribution in [3.63, 3.8) is 0 Å². The fraction of sp³-hybridized carbons (Fsp3) is 0.867. The number of nitrogens with one attached hydrogen (secondary N) is 3. The Bertz CT molecular complexity index is 484. The van der Waals surface area contributed by atoms with Crippen molar-refractivity contribution < 1.29 is 22.6 Å². The molecule has 1 amide bonds. The SMILES string of the molecule is CC(C)C[C@H](NNCCCS(=O)(=O)O)C(=O)N[C@H](C=O)CCCCN. The van der Waals surface area contributed by atoms with Crippen molar-refractivity contribution in [3.8, 4) is 0 Å². The molecule has 0 fully saturated rings. The van der Waals surface area contributed by atoms with Gasteiger partial charge in [-0.05, 0) is 44.6 Å². The summed E-state index contributed by atoms with van der Waals surface area (Å²) in [6.45, 7) is 4.76. The van der Waals surface area contributed by atoms with E-state index >= 15 is 0 Å². The van der Waals surface area contributed by atoms with Gasteiger partial charge in [-0.25, -0.2) is 5.43 Å². The maximum absolute atomic E-state index is 12.4. The number of carbonyl (C=O) groups excluding carboxylic acids is 2. The second-order valence-corrected chi connectivity index (χ2v) is 8.00. The van der Waals surface area contributed by atoms with Crippen LogP contribution < -0.4 is 21.9 Å². The number of aldehydes is 1. The van der Waals surface area contributed by atoms with E-state index in [0.717, 1.165) is 19.1 Å². The molecule has 2 atom stereocenters. The van der Waals surface area contributed by atoms with Gasteiger partial charge in [-0.3, -0.25) is 14.8 Å². The van der Waals surface area contributed by atoms with Crippen LogP contribution in [0, 0.1) is 5.92 Å². The van der Waals surface area contributed by atoms with Crippen LogP contribution in [0.25, 0.3) is 0 Å². The maximum atomic E-state index is 12.4. The smallest absolute Gasteiger partial charge is 0.264 e. The highest BCUT2D eigenvalue weighted by Gasteiger charge is 2.22. The third kappa shape index (κ3) is 13.9. The van der Waals surface area contributed by atoms with Gasteiger partial charge >= 0.3 is 0 Å². The highest BCUT2D eigenvalue weighted by molar-refractivity contribution is 7.85. The molecule has 9 nitrogen and oxygen atoms in total. The van der Waals surface area contributed by atoms with Crippen LogP contribution in [-0.2, 0) is 19.7 Å². The summed E-state index contributed by atoms with van der Waals surface area (Å²) in [5.74, 6) is -0.396. The van der Waals surface area contributed by atoms with Crippen LogP contribution in [0.1, 0.15) is 46.0 Å². The first-order chi connectivity index (χ1) is 11.7. The van der Waals surface area contributed by atoms with Gasteiger partial charge in [-0.15, -0.1) is 0 Å². The zero-order chi connectivity index (χ0) is 19.3. The van der Waals surface area contributed by atoms with Gasteiger partial charge in [0.15, 0.2) is 0 Å². The number of carbonyl (C=O) groups is 2. The summed E-state index contributed by atoms with van der Waals surface area (Å²) in [4.78, 5) is 23.5. The van der Waals surface area contributed by atoms with Crippen molar-refractivity contribution in [2.24, 2.45) is 11.7 Å². The first-order valence-electron chi connectivity index (χ1n) is 8.59. The van der Waals surface area contributed by atoms with Gasteiger partial charge in [0, 0.05) is 6.54 Å². The van der Waals surface area contributed by atoms with Gasteiger partial charge in [0.1, 0.15) is 12.3 Å². The second kappa shape index (κ2) is 13.2. The molecule has 0 aromatic carbocycles. The van der Waals surface area contributed by atoms with E-state index in [-0.39, 0.29) is 30.5 Å². The fourth-order valence-electron chi connectivity index (χ4n) is 2.21. The van der Waals surface area contributed by atoms with Gasteiger partial charge < -0.3 is 15.8 Å². The predicted octanol–water partition coefficient (Wildman–Crippen LogP) is -0.414. The van der Waals surface area contributed by atoms with E-state index in [0.29, 0.717) is 19.4 Å². The van der Waals surface area contributed by atoms with E-state index < -0.39 is 22.2 Å². The van der Waals surface area contributed by atoms with Crippen LogP contribution in [0.2, 0.25) is 0 Å². The third-order valence-corrected chi connectivity index (χ3v) is 4.27. The fourth-order valence-corrected chi connectivity index (χ4v) is 2.72. The molecule has 0 radical (unpaired) electrons. The summed E-state index contributed by atoms with van der Waals surface area (Å²) in [5.41, 5.74) is 11.1. The van der Waals surface area contributed by atoms with Gasteiger partial charge in [0.2, 0.25) is 5.91 Å². The van der Waals surface area contributed by atoms with E-state index in [1.165, 1.54) is 0 Å². The monoisotopic (exact) mass is 380 g/mol. The average Bonchev–Trinajstić information content (AvgIpc) is 2.51. The maximum Gasteiger partial charge on any atom is 0.264 e. The molecule has 0 rings (SSSR count). The normalized spacial score (nSPS) is 14.3. The second-order valence-electron chi connectivity index (χ2n) is 6.43. The number of unbranched alkanes of at least 4 members (excludes halogenated alkanes) is 1. The number of rotatable bonds is 15. The Morgan fingerprint density at radius 2 is 1.92 bits per heavy atom. The predicted molar refractivity (Wildman–Crippen MR) is 96.3 cm³/mol. The molecule has 6 N–H and O–H groups in total. The lowest BCUT2D eigenvalue weighted by molar-refractivity contribution is -0.126. The molecule has 0 saturated carbocycles. The standard InChI is InChI=1S/C15H32N4O5S/c1-12(2)10-14(19-17-8-5-9-25(22,23)24)15(21)18-13(11-20)6-3-4-7-16/h11-14,17,19H,3-10,16H2,1-2H3,(H,18,21)(H,22,23,24)/t13-,14-/m0/s1. The summed E-state index contributed by atoms with van der Waals surface area (Å²) in [5, 5.41) is 2.71. The quantitative estimate of drug-likeness (QED) is 0.111. The number of nitrogens with two attached hydrogens (primary N) is 1. The Kier molecular flexibility index (Phi) is 12.6. The molecule has 0 aliphatic carbocycles. The molecule has 0 aromatic heterocycles. The van der Waals surface area contributed by atoms with E-state index in [1.807, 2.05) is 13.8 Å². The molecule has 148 valence electrons. The van der Waals surface area contributed by atoms with Crippen molar-refractivity contribution in [2.45, 2.75) is 58.0 Å². The van der Waals surface area contributed by atoms with Crippen molar-refractivity contribution >= 4 is 22.3 Å². The lowest BCUT2D eigenvalue weighted by Crippen LogP contribution is -2.53. The van der Waals surface area contributed by atoms with Crippen LogP contribution in [0.4, 0.5) is 0 Å². The summed E-state index contributed by atoms with van der Waals surface area (Å²) in [6, 6.07) is -1.10. The van der Waals surface area contributed by atoms with Crippen LogP contribution in [0.3, 0.4) is 0 Å². The average molecular weight is 381 g/mol. The molecule has 0 aliphatic heterocycles. The van der Waals surface area contributed by atoms with E-state index in [9.17, 15) is 18.0 Å². The highest BCUT2D eigenvalue weighted by Crippen LogP contribution is 2.06. The summed E-state index contributed by atoms with van der Waals surface area (Å²) >= 11 is 0. The number of hydrazine groups is 1. The summed E-state index contributed by atoms with van der Waals surface area (Å²) in [6.07, 6.45) is 3.58. The van der Waals surface area contributed by atoms with Crippen molar-refractivity contribution in [1.82, 2.24) is 16.2 Å². The molecule has 0 spiro atoms. The Labute approximate surface area is 150 Å². The molecular formula is C15H32N4O5S. The van der Waals surface area contributed by atoms with Gasteiger partial charge in [-0.2, -0.15) is 8.42 Å². The number of hydrogen-bond acceptors (Lipinski definition) is 7. The first kappa shape index (κ1) is 23.9. The zero-order valence-electron chi connectivity index (χ0n) is 15.0. The number of hydrogen-bond donors (Lipinski definition) is 5. The van der Waals surface area contributed by atoms with Gasteiger partial charge in [0.05, 0.1) is 11.8 Å². The van der Waals surface area contributed by atoms with Gasteiger partial charge in [0.25, 0.3) is 10.1 Å². The minimum Gasteiger partial charge on any atom is -0.345 e. The lowest BCUT2D eigenvalue weighted by atomic mass is 10.0. The van der Waals surface area contributed by atoms with Crippen molar-refractivity contribution in [1.29, 1.82) is 0 Å². The number of amides is 1. The Morgan fingerprint density at radius 3 is 2.44 bits per heavy atom. The molecular weight excluding hydrogens is 348 g/mol. The first-order valence-corrected chi connectivity index (χ1v) is 10.2. The van der Waals surface area contributed by atoms with Gasteiger partial charge in [-0.1, -0.05) is 13.8 Å². The topological polar surface area (TPSA) is 151 Å². The van der Waals surface area contributed by atoms with Crippen LogP contribution >= 0.6 is 0 Å². The third-order valence-electron chi connectivity index (χ3n) is 3.47. The molecule has 0 heterocycles. The molecule has 10 heteroatoms. The van der Waals surface area contributed by atoms with Crippen molar-refractivity contribution in [3.05, 3.63) is 0 Å². The molecule has 0 saturated heterocycles. The molecule has 0 unspecified atom stereocenters. The molecule has 25 heavy (non-hydrogen) atoms. The molecule has 0 aromatic rings. The van der Waals surface area contributed by atoms with E-state index in [2.05, 4.69) is 16.2 Å². The van der Waals surface area contributed by atoms with Crippen LogP contribution in [-0.4, -0.2) is 56.1 Å². The van der Waals surface area contributed by atoms with Crippen LogP contribution in [0.15, 0.2) is 0 Å².